The first kappa shape index (κ1) is 57.5. The van der Waals surface area contributed by atoms with E-state index >= 15 is 0 Å². The van der Waals surface area contributed by atoms with E-state index in [-0.39, 0.29) is 38.0 Å². The molecule has 0 rings (SSSR count). The smallest absolute Gasteiger partial charge is 0.306 e. The third-order valence-corrected chi connectivity index (χ3v) is 9.40. The van der Waals surface area contributed by atoms with Crippen LogP contribution in [0, 0.1) is 0 Å². The number of carbonyl (C=O) groups excluding carboxylic acids is 3. The average molecular weight is 855 g/mol. The van der Waals surface area contributed by atoms with Gasteiger partial charge in [0.2, 0.25) is 0 Å². The third kappa shape index (κ3) is 46.6. The third-order valence-electron chi connectivity index (χ3n) is 9.40. The minimum absolute atomic E-state index is 0.140. The number of esters is 3. The maximum atomic E-state index is 12.7. The van der Waals surface area contributed by atoms with E-state index in [1.165, 1.54) is 32.1 Å². The lowest BCUT2D eigenvalue weighted by Crippen LogP contribution is -2.30. The van der Waals surface area contributed by atoms with E-state index in [0.717, 1.165) is 96.3 Å². The highest BCUT2D eigenvalue weighted by atomic mass is 16.6. The molecule has 0 radical (unpaired) electrons. The molecule has 1 atom stereocenters. The number of hydrogen-bond acceptors (Lipinski definition) is 6. The molecule has 346 valence electrons. The standard InChI is InChI=1S/C56H86O6/c1-4-7-10-13-16-19-22-25-27-29-31-34-37-40-43-46-49-55(58)61-52-53(51-60-54(57)48-45-42-39-36-33-24-21-18-15-12-9-6-3)62-56(59)50-47-44-41-38-35-32-30-28-26-23-20-17-14-11-8-5-2/h7-8,10-11,16-21,25-28,31-32,34-35,40-41,43-44,53H,4-6,9,12-15,22-24,29-30,33,36-39,42,45-52H2,1-3H3/b10-7-,11-8-,19-16-,20-17-,21-18-,27-25-,28-26-,34-31-,35-32-,43-40-,44-41-. The second-order valence-electron chi connectivity index (χ2n) is 15.2. The van der Waals surface area contributed by atoms with Crippen LogP contribution in [0.15, 0.2) is 134 Å². The summed E-state index contributed by atoms with van der Waals surface area (Å²) in [6.45, 7) is 6.21. The monoisotopic (exact) mass is 855 g/mol. The summed E-state index contributed by atoms with van der Waals surface area (Å²) >= 11 is 0. The molecule has 0 aliphatic carbocycles. The molecule has 62 heavy (non-hydrogen) atoms. The Morgan fingerprint density at radius 3 is 1.08 bits per heavy atom. The van der Waals surface area contributed by atoms with Gasteiger partial charge in [0.05, 0.1) is 0 Å². The Kier molecular flexibility index (Phi) is 45.7. The van der Waals surface area contributed by atoms with Gasteiger partial charge in [-0.3, -0.25) is 14.4 Å². The van der Waals surface area contributed by atoms with Gasteiger partial charge in [-0.1, -0.05) is 187 Å². The highest BCUT2D eigenvalue weighted by Crippen LogP contribution is 2.11. The van der Waals surface area contributed by atoms with Crippen molar-refractivity contribution >= 4 is 17.9 Å². The molecule has 0 aromatic carbocycles. The molecule has 0 spiro atoms. The Labute approximate surface area is 379 Å². The molecule has 0 aliphatic heterocycles. The summed E-state index contributed by atoms with van der Waals surface area (Å²) in [5, 5.41) is 0. The van der Waals surface area contributed by atoms with Crippen molar-refractivity contribution < 1.29 is 28.6 Å². The van der Waals surface area contributed by atoms with Crippen LogP contribution in [0.5, 0.6) is 0 Å². The molecular formula is C56H86O6. The number of hydrogen-bond donors (Lipinski definition) is 0. The second-order valence-corrected chi connectivity index (χ2v) is 15.2. The second kappa shape index (κ2) is 49.2. The first-order valence-electron chi connectivity index (χ1n) is 24.2. The minimum Gasteiger partial charge on any atom is -0.462 e. The van der Waals surface area contributed by atoms with Crippen molar-refractivity contribution in [2.75, 3.05) is 13.2 Å². The maximum Gasteiger partial charge on any atom is 0.306 e. The van der Waals surface area contributed by atoms with Gasteiger partial charge in [0.1, 0.15) is 13.2 Å². The Hall–Kier alpha value is -4.45. The summed E-state index contributed by atoms with van der Waals surface area (Å²) in [4.78, 5) is 37.8. The van der Waals surface area contributed by atoms with Crippen LogP contribution in [0.3, 0.4) is 0 Å². The molecule has 0 bridgehead atoms. The minimum atomic E-state index is -0.854. The number of ether oxygens (including phenoxy) is 3. The Bertz CT molecular complexity index is 1400. The summed E-state index contributed by atoms with van der Waals surface area (Å²) in [5.41, 5.74) is 0. The highest BCUT2D eigenvalue weighted by Gasteiger charge is 2.19. The molecule has 0 aromatic rings. The van der Waals surface area contributed by atoms with Crippen LogP contribution < -0.4 is 0 Å². The molecule has 0 saturated heterocycles. The fourth-order valence-electron chi connectivity index (χ4n) is 5.83. The van der Waals surface area contributed by atoms with E-state index in [0.29, 0.717) is 19.3 Å². The molecule has 6 heteroatoms. The van der Waals surface area contributed by atoms with Crippen molar-refractivity contribution in [3.8, 4) is 0 Å². The lowest BCUT2D eigenvalue weighted by Gasteiger charge is -2.18. The number of unbranched alkanes of at least 4 members (excludes halogenated alkanes) is 8. The lowest BCUT2D eigenvalue weighted by atomic mass is 10.1. The van der Waals surface area contributed by atoms with E-state index in [4.69, 9.17) is 14.2 Å². The molecule has 0 fully saturated rings. The van der Waals surface area contributed by atoms with Crippen LogP contribution in [0.1, 0.15) is 181 Å². The molecule has 0 saturated carbocycles. The van der Waals surface area contributed by atoms with Gasteiger partial charge in [-0.15, -0.1) is 0 Å². The zero-order valence-electron chi connectivity index (χ0n) is 39.3. The Balaban J connectivity index is 4.65. The predicted octanol–water partition coefficient (Wildman–Crippen LogP) is 15.9. The fraction of sp³-hybridized carbons (Fsp3) is 0.554. The molecule has 0 N–H and O–H groups in total. The van der Waals surface area contributed by atoms with E-state index < -0.39 is 12.1 Å². The summed E-state index contributed by atoms with van der Waals surface area (Å²) in [5.74, 6) is -1.13. The van der Waals surface area contributed by atoms with E-state index in [1.54, 1.807) is 0 Å². The highest BCUT2D eigenvalue weighted by molar-refractivity contribution is 5.71. The zero-order valence-corrected chi connectivity index (χ0v) is 39.3. The van der Waals surface area contributed by atoms with E-state index in [2.05, 4.69) is 130 Å². The SMILES string of the molecule is CC/C=C\C/C=C\C/C=C\C/C=C\C/C=C\CCC(=O)OCC(COC(=O)CCCCCCC/C=C\CCCCC)OC(=O)CC/C=C\C/C=C\C/C=C\C/C=C\C/C=C\CC. The van der Waals surface area contributed by atoms with Gasteiger partial charge in [-0.25, -0.2) is 0 Å². The number of rotatable bonds is 41. The Morgan fingerprint density at radius 1 is 0.339 bits per heavy atom. The van der Waals surface area contributed by atoms with Crippen LogP contribution in [0.4, 0.5) is 0 Å². The van der Waals surface area contributed by atoms with Crippen molar-refractivity contribution in [1.29, 1.82) is 0 Å². The van der Waals surface area contributed by atoms with Gasteiger partial charge >= 0.3 is 17.9 Å². The molecule has 0 aliphatic rings. The van der Waals surface area contributed by atoms with Gasteiger partial charge in [-0.2, -0.15) is 0 Å². The Morgan fingerprint density at radius 2 is 0.661 bits per heavy atom. The van der Waals surface area contributed by atoms with Crippen molar-refractivity contribution in [2.24, 2.45) is 0 Å². The first-order chi connectivity index (χ1) is 30.5. The van der Waals surface area contributed by atoms with Gasteiger partial charge in [0, 0.05) is 19.3 Å². The molecule has 0 heterocycles. The first-order valence-corrected chi connectivity index (χ1v) is 24.2. The summed E-state index contributed by atoms with van der Waals surface area (Å²) < 4.78 is 16.6. The van der Waals surface area contributed by atoms with Crippen molar-refractivity contribution in [1.82, 2.24) is 0 Å². The summed E-state index contributed by atoms with van der Waals surface area (Å²) in [7, 11) is 0. The normalized spacial score (nSPS) is 13.3. The molecule has 1 unspecified atom stereocenters. The molecule has 0 amide bonds. The van der Waals surface area contributed by atoms with Crippen molar-refractivity contribution in [3.63, 3.8) is 0 Å². The predicted molar refractivity (Wildman–Crippen MR) is 265 cm³/mol. The van der Waals surface area contributed by atoms with Gasteiger partial charge < -0.3 is 14.2 Å². The van der Waals surface area contributed by atoms with Crippen LogP contribution in [0.25, 0.3) is 0 Å². The van der Waals surface area contributed by atoms with Crippen LogP contribution >= 0.6 is 0 Å². The topological polar surface area (TPSA) is 78.9 Å². The average Bonchev–Trinajstić information content (AvgIpc) is 3.27. The van der Waals surface area contributed by atoms with Crippen LogP contribution in [0.2, 0.25) is 0 Å². The molecular weight excluding hydrogens is 769 g/mol. The van der Waals surface area contributed by atoms with Gasteiger partial charge in [0.15, 0.2) is 6.10 Å². The van der Waals surface area contributed by atoms with Gasteiger partial charge in [0.25, 0.3) is 0 Å². The molecule has 0 aromatic heterocycles. The largest absolute Gasteiger partial charge is 0.462 e. The maximum absolute atomic E-state index is 12.7. The van der Waals surface area contributed by atoms with Crippen molar-refractivity contribution in [2.45, 2.75) is 187 Å². The number of carbonyl (C=O) groups is 3. The van der Waals surface area contributed by atoms with Crippen LogP contribution in [-0.4, -0.2) is 37.2 Å². The van der Waals surface area contributed by atoms with Crippen molar-refractivity contribution in [3.05, 3.63) is 134 Å². The molecule has 6 nitrogen and oxygen atoms in total. The fourth-order valence-corrected chi connectivity index (χ4v) is 5.83. The summed E-state index contributed by atoms with van der Waals surface area (Å²) in [6, 6.07) is 0. The lowest BCUT2D eigenvalue weighted by molar-refractivity contribution is -0.166. The summed E-state index contributed by atoms with van der Waals surface area (Å²) in [6.07, 6.45) is 68.9. The quantitative estimate of drug-likeness (QED) is 0.0264. The zero-order chi connectivity index (χ0) is 45.1. The van der Waals surface area contributed by atoms with E-state index in [9.17, 15) is 14.4 Å². The van der Waals surface area contributed by atoms with Crippen LogP contribution in [-0.2, 0) is 28.6 Å². The van der Waals surface area contributed by atoms with E-state index in [1.807, 2.05) is 24.3 Å². The number of allylic oxidation sites excluding steroid dienone is 22. The van der Waals surface area contributed by atoms with Gasteiger partial charge in [-0.05, 0) is 109 Å².